The first kappa shape index (κ1) is 20.6. The maximum absolute atomic E-state index is 13.0. The van der Waals surface area contributed by atoms with E-state index < -0.39 is 0 Å². The monoisotopic (exact) mass is 382 g/mol. The minimum absolute atomic E-state index is 0.240. The van der Waals surface area contributed by atoms with Crippen molar-refractivity contribution >= 4 is 5.91 Å². The molecule has 1 amide bonds. The van der Waals surface area contributed by atoms with E-state index in [1.165, 1.54) is 11.1 Å². The highest BCUT2D eigenvalue weighted by atomic mass is 16.2. The van der Waals surface area contributed by atoms with Crippen molar-refractivity contribution in [3.05, 3.63) is 53.1 Å². The Kier molecular flexibility index (Phi) is 6.89. The summed E-state index contributed by atoms with van der Waals surface area (Å²) < 4.78 is 2.28. The van der Waals surface area contributed by atoms with Crippen LogP contribution >= 0.6 is 0 Å². The highest BCUT2D eigenvalue weighted by molar-refractivity contribution is 5.79. The Bertz CT molecular complexity index is 796. The number of likely N-dealkylation sites (tertiary alicyclic amines) is 1. The molecule has 5 nitrogen and oxygen atoms in total. The molecule has 152 valence electrons. The van der Waals surface area contributed by atoms with E-state index in [0.29, 0.717) is 12.3 Å². The van der Waals surface area contributed by atoms with Gasteiger partial charge in [0.15, 0.2) is 0 Å². The van der Waals surface area contributed by atoms with E-state index in [4.69, 9.17) is 0 Å². The van der Waals surface area contributed by atoms with E-state index in [0.717, 1.165) is 56.8 Å². The normalized spacial score (nSPS) is 17.3. The van der Waals surface area contributed by atoms with Gasteiger partial charge in [0.25, 0.3) is 0 Å². The second kappa shape index (κ2) is 9.37. The highest BCUT2D eigenvalue weighted by Crippen LogP contribution is 2.27. The van der Waals surface area contributed by atoms with Crippen molar-refractivity contribution in [1.82, 2.24) is 19.4 Å². The van der Waals surface area contributed by atoms with Crippen molar-refractivity contribution in [1.29, 1.82) is 0 Å². The van der Waals surface area contributed by atoms with Crippen LogP contribution in [0.5, 0.6) is 0 Å². The summed E-state index contributed by atoms with van der Waals surface area (Å²) >= 11 is 0. The third-order valence-electron chi connectivity index (χ3n) is 5.74. The van der Waals surface area contributed by atoms with E-state index >= 15 is 0 Å². The van der Waals surface area contributed by atoms with E-state index in [9.17, 15) is 4.79 Å². The fourth-order valence-corrected chi connectivity index (χ4v) is 4.11. The number of piperidine rings is 1. The van der Waals surface area contributed by atoms with Gasteiger partial charge in [0, 0.05) is 37.9 Å². The summed E-state index contributed by atoms with van der Waals surface area (Å²) in [5.74, 6) is 1.72. The molecular weight excluding hydrogens is 348 g/mol. The largest absolute Gasteiger partial charge is 0.342 e. The van der Waals surface area contributed by atoms with Crippen LogP contribution in [0.15, 0.2) is 30.6 Å². The first-order valence-electron chi connectivity index (χ1n) is 10.4. The highest BCUT2D eigenvalue weighted by Gasteiger charge is 2.27. The molecule has 0 radical (unpaired) electrons. The number of nitrogens with zero attached hydrogens (tertiary/aromatic N) is 4. The van der Waals surface area contributed by atoms with E-state index in [1.807, 2.05) is 6.20 Å². The summed E-state index contributed by atoms with van der Waals surface area (Å²) in [6.07, 6.45) is 7.76. The van der Waals surface area contributed by atoms with Crippen molar-refractivity contribution in [2.75, 3.05) is 33.7 Å². The molecule has 0 N–H and O–H groups in total. The third-order valence-corrected chi connectivity index (χ3v) is 5.74. The maximum Gasteiger partial charge on any atom is 0.227 e. The molecule has 5 heteroatoms. The van der Waals surface area contributed by atoms with Gasteiger partial charge in [-0.1, -0.05) is 23.8 Å². The number of carbonyl (C=O) groups is 1. The minimum Gasteiger partial charge on any atom is -0.342 e. The van der Waals surface area contributed by atoms with Crippen LogP contribution in [0.2, 0.25) is 0 Å². The summed E-state index contributed by atoms with van der Waals surface area (Å²) in [7, 11) is 4.21. The predicted molar refractivity (Wildman–Crippen MR) is 114 cm³/mol. The lowest BCUT2D eigenvalue weighted by molar-refractivity contribution is -0.131. The molecule has 2 aromatic rings. The third kappa shape index (κ3) is 5.22. The number of aryl methyl sites for hydroxylation is 3. The van der Waals surface area contributed by atoms with Gasteiger partial charge in [-0.05, 0) is 64.9 Å². The summed E-state index contributed by atoms with van der Waals surface area (Å²) in [5, 5.41) is 0. The SMILES string of the molecule is Cc1ccc(C)c(CC(=O)N2CCCC(c3nccn3CCCN(C)C)C2)c1. The second-order valence-electron chi connectivity index (χ2n) is 8.42. The van der Waals surface area contributed by atoms with Gasteiger partial charge in [-0.15, -0.1) is 0 Å². The second-order valence-corrected chi connectivity index (χ2v) is 8.42. The number of hydrogen-bond acceptors (Lipinski definition) is 3. The van der Waals surface area contributed by atoms with Gasteiger partial charge in [-0.2, -0.15) is 0 Å². The zero-order valence-corrected chi connectivity index (χ0v) is 17.8. The Labute approximate surface area is 169 Å². The molecule has 1 fully saturated rings. The first-order chi connectivity index (χ1) is 13.4. The van der Waals surface area contributed by atoms with E-state index in [2.05, 4.69) is 71.7 Å². The summed E-state index contributed by atoms with van der Waals surface area (Å²) in [6.45, 7) is 7.88. The molecule has 2 heterocycles. The van der Waals surface area contributed by atoms with Crippen molar-refractivity contribution in [2.24, 2.45) is 0 Å². The van der Waals surface area contributed by atoms with Crippen molar-refractivity contribution in [3.63, 3.8) is 0 Å². The molecule has 0 aliphatic carbocycles. The number of amides is 1. The summed E-state index contributed by atoms with van der Waals surface area (Å²) in [6, 6.07) is 6.37. The van der Waals surface area contributed by atoms with Crippen molar-refractivity contribution in [3.8, 4) is 0 Å². The Morgan fingerprint density at radius 2 is 2.11 bits per heavy atom. The maximum atomic E-state index is 13.0. The molecule has 1 aromatic heterocycles. The minimum atomic E-state index is 0.240. The van der Waals surface area contributed by atoms with Crippen LogP contribution in [-0.2, 0) is 17.8 Å². The molecule has 0 spiro atoms. The van der Waals surface area contributed by atoms with Gasteiger partial charge in [0.2, 0.25) is 5.91 Å². The molecule has 1 aromatic carbocycles. The Morgan fingerprint density at radius 3 is 2.89 bits per heavy atom. The van der Waals surface area contributed by atoms with Crippen LogP contribution in [-0.4, -0.2) is 59.0 Å². The number of hydrogen-bond donors (Lipinski definition) is 0. The van der Waals surface area contributed by atoms with Gasteiger partial charge in [-0.25, -0.2) is 4.98 Å². The van der Waals surface area contributed by atoms with Crippen LogP contribution in [0, 0.1) is 13.8 Å². The molecule has 1 unspecified atom stereocenters. The quantitative estimate of drug-likeness (QED) is 0.737. The number of carbonyl (C=O) groups excluding carboxylic acids is 1. The fourth-order valence-electron chi connectivity index (χ4n) is 4.11. The van der Waals surface area contributed by atoms with Crippen molar-refractivity contribution < 1.29 is 4.79 Å². The number of rotatable bonds is 7. The number of benzene rings is 1. The molecule has 1 atom stereocenters. The van der Waals surface area contributed by atoms with Crippen LogP contribution in [0.3, 0.4) is 0 Å². The average Bonchev–Trinajstić information content (AvgIpc) is 3.13. The molecule has 0 saturated carbocycles. The Hall–Kier alpha value is -2.14. The Morgan fingerprint density at radius 1 is 1.29 bits per heavy atom. The molecule has 0 bridgehead atoms. The van der Waals surface area contributed by atoms with Gasteiger partial charge in [0.1, 0.15) is 5.82 Å². The molecule has 1 aliphatic rings. The van der Waals surface area contributed by atoms with Gasteiger partial charge < -0.3 is 14.4 Å². The summed E-state index contributed by atoms with van der Waals surface area (Å²) in [4.78, 5) is 21.9. The zero-order chi connectivity index (χ0) is 20.1. The van der Waals surface area contributed by atoms with Gasteiger partial charge >= 0.3 is 0 Å². The van der Waals surface area contributed by atoms with Crippen LogP contribution in [0.1, 0.15) is 47.7 Å². The predicted octanol–water partition coefficient (Wildman–Crippen LogP) is 3.40. The molecule has 28 heavy (non-hydrogen) atoms. The van der Waals surface area contributed by atoms with Gasteiger partial charge in [0.05, 0.1) is 6.42 Å². The molecule has 1 saturated heterocycles. The molecular formula is C23H34N4O. The van der Waals surface area contributed by atoms with Crippen molar-refractivity contribution in [2.45, 2.75) is 52.0 Å². The lowest BCUT2D eigenvalue weighted by Gasteiger charge is -2.33. The number of imidazole rings is 1. The molecule has 1 aliphatic heterocycles. The first-order valence-corrected chi connectivity index (χ1v) is 10.4. The lowest BCUT2D eigenvalue weighted by atomic mass is 9.95. The topological polar surface area (TPSA) is 41.4 Å². The van der Waals surface area contributed by atoms with E-state index in [1.54, 1.807) is 0 Å². The van der Waals surface area contributed by atoms with Gasteiger partial charge in [-0.3, -0.25) is 4.79 Å². The smallest absolute Gasteiger partial charge is 0.227 e. The Balaban J connectivity index is 1.63. The fraction of sp³-hybridized carbons (Fsp3) is 0.565. The standard InChI is InChI=1S/C23H34N4O/c1-18-8-9-19(2)21(15-18)16-22(28)27-12-5-7-20(17-27)23-24-10-14-26(23)13-6-11-25(3)4/h8-10,14-15,20H,5-7,11-13,16-17H2,1-4H3. The summed E-state index contributed by atoms with van der Waals surface area (Å²) in [5.41, 5.74) is 3.56. The molecule has 3 rings (SSSR count). The van der Waals surface area contributed by atoms with Crippen LogP contribution in [0.25, 0.3) is 0 Å². The zero-order valence-electron chi connectivity index (χ0n) is 17.8. The van der Waals surface area contributed by atoms with Crippen LogP contribution in [0.4, 0.5) is 0 Å². The lowest BCUT2D eigenvalue weighted by Crippen LogP contribution is -2.40. The van der Waals surface area contributed by atoms with E-state index in [-0.39, 0.29) is 5.91 Å². The average molecular weight is 383 g/mol. The van der Waals surface area contributed by atoms with Crippen LogP contribution < -0.4 is 0 Å². The number of aromatic nitrogens is 2.